The van der Waals surface area contributed by atoms with Crippen molar-refractivity contribution in [3.8, 4) is 11.1 Å². The number of aryl methyl sites for hydroxylation is 2. The number of hydrogen-bond acceptors (Lipinski definition) is 1. The van der Waals surface area contributed by atoms with Crippen LogP contribution in [0.3, 0.4) is 0 Å². The number of anilines is 1. The molecule has 0 spiro atoms. The van der Waals surface area contributed by atoms with Gasteiger partial charge in [-0.2, -0.15) is 0 Å². The van der Waals surface area contributed by atoms with Crippen molar-refractivity contribution in [1.82, 2.24) is 0 Å². The summed E-state index contributed by atoms with van der Waals surface area (Å²) >= 11 is 0. The highest BCUT2D eigenvalue weighted by molar-refractivity contribution is 6.10. The zero-order valence-corrected chi connectivity index (χ0v) is 16.4. The molecule has 0 saturated carbocycles. The standard InChI is InChI=1S/C28H23N/c29-28-24-8-4-2-6-19(24)9-14-25(28)21-11-13-23-20(17-21)12-16-26-22-7-3-1-5-18(22)10-15-27(23)26/h2,4,6,8-17H,1,3,5,7,29H2. The van der Waals surface area contributed by atoms with E-state index in [9.17, 15) is 0 Å². The van der Waals surface area contributed by atoms with Crippen molar-refractivity contribution in [2.75, 3.05) is 5.73 Å². The maximum Gasteiger partial charge on any atom is 0.0473 e. The molecule has 2 N–H and O–H groups in total. The van der Waals surface area contributed by atoms with Gasteiger partial charge in [0.1, 0.15) is 0 Å². The molecule has 0 amide bonds. The second kappa shape index (κ2) is 6.35. The first-order chi connectivity index (χ1) is 14.3. The summed E-state index contributed by atoms with van der Waals surface area (Å²) in [5.41, 5.74) is 12.8. The van der Waals surface area contributed by atoms with Crippen LogP contribution in [0, 0.1) is 0 Å². The molecule has 0 saturated heterocycles. The van der Waals surface area contributed by atoms with Crippen LogP contribution in [0.5, 0.6) is 0 Å². The second-order valence-electron chi connectivity index (χ2n) is 8.25. The van der Waals surface area contributed by atoms with Crippen LogP contribution in [0.15, 0.2) is 78.9 Å². The average Bonchev–Trinajstić information content (AvgIpc) is 2.78. The number of nitrogen functional groups attached to an aromatic ring is 1. The van der Waals surface area contributed by atoms with E-state index in [1.54, 1.807) is 11.1 Å². The zero-order chi connectivity index (χ0) is 19.4. The molecule has 0 aromatic heterocycles. The molecule has 0 radical (unpaired) electrons. The van der Waals surface area contributed by atoms with Gasteiger partial charge in [0.2, 0.25) is 0 Å². The number of nitrogens with two attached hydrogens (primary N) is 1. The number of rotatable bonds is 1. The first-order valence-electron chi connectivity index (χ1n) is 10.5. The van der Waals surface area contributed by atoms with Gasteiger partial charge in [-0.15, -0.1) is 0 Å². The molecule has 1 nitrogen and oxygen atoms in total. The van der Waals surface area contributed by atoms with Crippen molar-refractivity contribution in [1.29, 1.82) is 0 Å². The van der Waals surface area contributed by atoms with Gasteiger partial charge in [-0.05, 0) is 75.4 Å². The lowest BCUT2D eigenvalue weighted by Gasteiger charge is -2.19. The van der Waals surface area contributed by atoms with Crippen LogP contribution in [0.4, 0.5) is 5.69 Å². The molecule has 6 rings (SSSR count). The Morgan fingerprint density at radius 1 is 0.586 bits per heavy atom. The Morgan fingerprint density at radius 3 is 2.34 bits per heavy atom. The van der Waals surface area contributed by atoms with E-state index in [1.807, 2.05) is 0 Å². The quantitative estimate of drug-likeness (QED) is 0.242. The van der Waals surface area contributed by atoms with Crippen molar-refractivity contribution in [3.63, 3.8) is 0 Å². The molecule has 0 heterocycles. The van der Waals surface area contributed by atoms with Gasteiger partial charge in [-0.3, -0.25) is 0 Å². The average molecular weight is 373 g/mol. The molecule has 1 aliphatic carbocycles. The SMILES string of the molecule is Nc1c(-c2ccc3c(ccc4c5c(ccc43)CCCC5)c2)ccc2ccccc12. The maximum atomic E-state index is 6.56. The predicted octanol–water partition coefficient (Wildman–Crippen LogP) is 7.27. The fourth-order valence-electron chi connectivity index (χ4n) is 5.12. The minimum atomic E-state index is 0.859. The number of fused-ring (bicyclic) bond motifs is 6. The third-order valence-corrected chi connectivity index (χ3v) is 6.63. The second-order valence-corrected chi connectivity index (χ2v) is 8.25. The largest absolute Gasteiger partial charge is 0.398 e. The van der Waals surface area contributed by atoms with Gasteiger partial charge in [-0.25, -0.2) is 0 Å². The van der Waals surface area contributed by atoms with Crippen molar-refractivity contribution in [2.24, 2.45) is 0 Å². The Morgan fingerprint density at radius 2 is 1.38 bits per heavy atom. The van der Waals surface area contributed by atoms with E-state index in [4.69, 9.17) is 5.73 Å². The van der Waals surface area contributed by atoms with Gasteiger partial charge < -0.3 is 5.73 Å². The normalized spacial score (nSPS) is 13.8. The van der Waals surface area contributed by atoms with Crippen molar-refractivity contribution in [3.05, 3.63) is 90.0 Å². The number of benzene rings is 5. The monoisotopic (exact) mass is 373 g/mol. The molecular weight excluding hydrogens is 350 g/mol. The van der Waals surface area contributed by atoms with Crippen molar-refractivity contribution in [2.45, 2.75) is 25.7 Å². The lowest BCUT2D eigenvalue weighted by atomic mass is 9.86. The first kappa shape index (κ1) is 16.6. The van der Waals surface area contributed by atoms with E-state index >= 15 is 0 Å². The first-order valence-corrected chi connectivity index (χ1v) is 10.5. The minimum Gasteiger partial charge on any atom is -0.398 e. The molecule has 140 valence electrons. The Labute approximate surface area is 170 Å². The summed E-state index contributed by atoms with van der Waals surface area (Å²) in [5, 5.41) is 7.73. The third-order valence-electron chi connectivity index (χ3n) is 6.63. The summed E-state index contributed by atoms with van der Waals surface area (Å²) in [4.78, 5) is 0. The Balaban J connectivity index is 1.55. The summed E-state index contributed by atoms with van der Waals surface area (Å²) in [6, 6.07) is 28.7. The lowest BCUT2D eigenvalue weighted by Crippen LogP contribution is -2.03. The van der Waals surface area contributed by atoms with Crippen LogP contribution < -0.4 is 5.73 Å². The predicted molar refractivity (Wildman–Crippen MR) is 125 cm³/mol. The summed E-state index contributed by atoms with van der Waals surface area (Å²) in [5.74, 6) is 0. The molecule has 5 aromatic carbocycles. The molecule has 29 heavy (non-hydrogen) atoms. The highest BCUT2D eigenvalue weighted by Gasteiger charge is 2.14. The van der Waals surface area contributed by atoms with Crippen LogP contribution in [0.1, 0.15) is 24.0 Å². The van der Waals surface area contributed by atoms with Crippen molar-refractivity contribution < 1.29 is 0 Å². The van der Waals surface area contributed by atoms with E-state index in [2.05, 4.69) is 78.9 Å². The smallest absolute Gasteiger partial charge is 0.0473 e. The molecule has 0 aliphatic heterocycles. The van der Waals surface area contributed by atoms with Crippen LogP contribution in [0.25, 0.3) is 43.4 Å². The molecule has 0 fully saturated rings. The Bertz CT molecular complexity index is 1410. The third kappa shape index (κ3) is 2.54. The van der Waals surface area contributed by atoms with Gasteiger partial charge in [0, 0.05) is 16.6 Å². The van der Waals surface area contributed by atoms with Gasteiger partial charge in [0.25, 0.3) is 0 Å². The molecule has 0 atom stereocenters. The van der Waals surface area contributed by atoms with Crippen LogP contribution >= 0.6 is 0 Å². The highest BCUT2D eigenvalue weighted by Crippen LogP contribution is 2.37. The van der Waals surface area contributed by atoms with Gasteiger partial charge in [-0.1, -0.05) is 72.8 Å². The van der Waals surface area contributed by atoms with Gasteiger partial charge in [0.05, 0.1) is 0 Å². The van der Waals surface area contributed by atoms with E-state index in [0.29, 0.717) is 0 Å². The van der Waals surface area contributed by atoms with Crippen LogP contribution in [-0.4, -0.2) is 0 Å². The summed E-state index contributed by atoms with van der Waals surface area (Å²) in [6.45, 7) is 0. The Kier molecular flexibility index (Phi) is 3.64. The van der Waals surface area contributed by atoms with E-state index in [1.165, 1.54) is 58.2 Å². The van der Waals surface area contributed by atoms with Gasteiger partial charge >= 0.3 is 0 Å². The van der Waals surface area contributed by atoms with Crippen LogP contribution in [0.2, 0.25) is 0 Å². The van der Waals surface area contributed by atoms with E-state index in [0.717, 1.165) is 16.6 Å². The van der Waals surface area contributed by atoms with E-state index in [-0.39, 0.29) is 0 Å². The maximum absolute atomic E-state index is 6.56. The molecule has 1 aliphatic rings. The zero-order valence-electron chi connectivity index (χ0n) is 16.4. The molecule has 0 unspecified atom stereocenters. The lowest BCUT2D eigenvalue weighted by molar-refractivity contribution is 0.690. The highest BCUT2D eigenvalue weighted by atomic mass is 14.6. The fraction of sp³-hybridized carbons (Fsp3) is 0.143. The van der Waals surface area contributed by atoms with E-state index < -0.39 is 0 Å². The molecule has 1 heteroatoms. The topological polar surface area (TPSA) is 26.0 Å². The fourth-order valence-corrected chi connectivity index (χ4v) is 5.12. The summed E-state index contributed by atoms with van der Waals surface area (Å²) in [6.07, 6.45) is 5.07. The molecule has 0 bridgehead atoms. The number of hydrogen-bond donors (Lipinski definition) is 1. The Hall–Kier alpha value is -3.32. The van der Waals surface area contributed by atoms with Crippen LogP contribution in [-0.2, 0) is 12.8 Å². The molecule has 5 aromatic rings. The summed E-state index contributed by atoms with van der Waals surface area (Å²) in [7, 11) is 0. The summed E-state index contributed by atoms with van der Waals surface area (Å²) < 4.78 is 0. The minimum absolute atomic E-state index is 0.859. The van der Waals surface area contributed by atoms with Crippen molar-refractivity contribution >= 4 is 38.0 Å². The van der Waals surface area contributed by atoms with Gasteiger partial charge in [0.15, 0.2) is 0 Å². The molecular formula is C28H23N.